The first-order chi connectivity index (χ1) is 6.99. The second kappa shape index (κ2) is 5.85. The van der Waals surface area contributed by atoms with E-state index in [1.165, 1.54) is 38.4 Å². The van der Waals surface area contributed by atoms with Crippen molar-refractivity contribution in [1.82, 2.24) is 5.32 Å². The van der Waals surface area contributed by atoms with Gasteiger partial charge in [-0.3, -0.25) is 0 Å². The third-order valence-electron chi connectivity index (χ3n) is 3.24. The minimum Gasteiger partial charge on any atom is -0.313 e. The number of rotatable bonds is 4. The predicted octanol–water partition coefficient (Wildman–Crippen LogP) is 1.59. The molecule has 0 aromatic rings. The van der Waals surface area contributed by atoms with E-state index in [2.05, 4.69) is 12.2 Å². The van der Waals surface area contributed by atoms with E-state index in [1.54, 1.807) is 0 Å². The highest BCUT2D eigenvalue weighted by atomic mass is 32.2. The molecule has 1 aliphatic carbocycles. The molecule has 3 nitrogen and oxygen atoms in total. The lowest BCUT2D eigenvalue weighted by atomic mass is 9.97. The van der Waals surface area contributed by atoms with Crippen LogP contribution in [-0.4, -0.2) is 33.0 Å². The Kier molecular flexibility index (Phi) is 5.06. The van der Waals surface area contributed by atoms with Crippen molar-refractivity contribution in [3.8, 4) is 0 Å². The van der Waals surface area contributed by atoms with Crippen LogP contribution in [0.5, 0.6) is 0 Å². The molecule has 0 bridgehead atoms. The van der Waals surface area contributed by atoms with E-state index in [4.69, 9.17) is 0 Å². The van der Waals surface area contributed by atoms with Gasteiger partial charge in [0.25, 0.3) is 0 Å². The summed E-state index contributed by atoms with van der Waals surface area (Å²) in [6, 6.07) is 0.522. The summed E-state index contributed by atoms with van der Waals surface area (Å²) in [6.45, 7) is 2.87. The third-order valence-corrected chi connectivity index (χ3v) is 4.19. The molecule has 0 saturated heterocycles. The summed E-state index contributed by atoms with van der Waals surface area (Å²) in [4.78, 5) is 0. The van der Waals surface area contributed by atoms with Crippen LogP contribution >= 0.6 is 0 Å². The summed E-state index contributed by atoms with van der Waals surface area (Å²) in [7, 11) is -2.81. The van der Waals surface area contributed by atoms with Gasteiger partial charge in [-0.15, -0.1) is 0 Å². The van der Waals surface area contributed by atoms with Crippen molar-refractivity contribution < 1.29 is 8.42 Å². The van der Waals surface area contributed by atoms with Crippen molar-refractivity contribution in [2.75, 3.05) is 18.6 Å². The van der Waals surface area contributed by atoms with E-state index in [1.807, 2.05) is 0 Å². The van der Waals surface area contributed by atoms with Crippen LogP contribution in [0.2, 0.25) is 0 Å². The van der Waals surface area contributed by atoms with E-state index in [0.29, 0.717) is 18.5 Å². The Hall–Kier alpha value is -0.0900. The van der Waals surface area contributed by atoms with Crippen LogP contribution in [0.4, 0.5) is 0 Å². The van der Waals surface area contributed by atoms with Crippen molar-refractivity contribution in [3.05, 3.63) is 0 Å². The SMILES string of the molecule is CC1CCCCCC1NCCS(C)(=O)=O. The molecule has 90 valence electrons. The van der Waals surface area contributed by atoms with Crippen molar-refractivity contribution >= 4 is 9.84 Å². The maximum absolute atomic E-state index is 11.0. The van der Waals surface area contributed by atoms with Crippen LogP contribution in [0.3, 0.4) is 0 Å². The molecule has 2 unspecified atom stereocenters. The molecule has 0 radical (unpaired) electrons. The zero-order valence-electron chi connectivity index (χ0n) is 9.83. The van der Waals surface area contributed by atoms with Gasteiger partial charge < -0.3 is 5.32 Å². The van der Waals surface area contributed by atoms with Crippen molar-refractivity contribution in [1.29, 1.82) is 0 Å². The Morgan fingerprint density at radius 1 is 1.20 bits per heavy atom. The van der Waals surface area contributed by atoms with E-state index < -0.39 is 9.84 Å². The average molecular weight is 233 g/mol. The molecule has 1 saturated carbocycles. The fraction of sp³-hybridized carbons (Fsp3) is 1.00. The molecule has 0 spiro atoms. The van der Waals surface area contributed by atoms with Crippen molar-refractivity contribution in [3.63, 3.8) is 0 Å². The fourth-order valence-electron chi connectivity index (χ4n) is 2.23. The van der Waals surface area contributed by atoms with E-state index in [0.717, 1.165) is 0 Å². The minimum atomic E-state index is -2.81. The molecule has 0 heterocycles. The molecule has 15 heavy (non-hydrogen) atoms. The highest BCUT2D eigenvalue weighted by molar-refractivity contribution is 7.90. The predicted molar refractivity (Wildman–Crippen MR) is 63.8 cm³/mol. The van der Waals surface area contributed by atoms with Gasteiger partial charge >= 0.3 is 0 Å². The molecule has 0 aromatic carbocycles. The van der Waals surface area contributed by atoms with Gasteiger partial charge in [0.2, 0.25) is 0 Å². The lowest BCUT2D eigenvalue weighted by Gasteiger charge is -2.22. The van der Waals surface area contributed by atoms with Gasteiger partial charge in [0.15, 0.2) is 0 Å². The van der Waals surface area contributed by atoms with E-state index >= 15 is 0 Å². The molecular weight excluding hydrogens is 210 g/mol. The Morgan fingerprint density at radius 2 is 1.87 bits per heavy atom. The van der Waals surface area contributed by atoms with Crippen LogP contribution in [0.25, 0.3) is 0 Å². The molecule has 2 atom stereocenters. The Balaban J connectivity index is 2.29. The molecule has 1 N–H and O–H groups in total. The molecular formula is C11H23NO2S. The van der Waals surface area contributed by atoms with Crippen LogP contribution < -0.4 is 5.32 Å². The van der Waals surface area contributed by atoms with Crippen molar-refractivity contribution in [2.24, 2.45) is 5.92 Å². The van der Waals surface area contributed by atoms with Gasteiger partial charge in [-0.05, 0) is 18.8 Å². The van der Waals surface area contributed by atoms with Crippen LogP contribution in [-0.2, 0) is 9.84 Å². The van der Waals surface area contributed by atoms with Crippen molar-refractivity contribution in [2.45, 2.75) is 45.1 Å². The number of hydrogen-bond donors (Lipinski definition) is 1. The Labute approximate surface area is 93.6 Å². The maximum atomic E-state index is 11.0. The van der Waals surface area contributed by atoms with Crippen LogP contribution in [0.1, 0.15) is 39.0 Å². The normalized spacial score (nSPS) is 28.7. The first-order valence-corrected chi connectivity index (χ1v) is 7.96. The molecule has 1 aliphatic rings. The molecule has 0 aliphatic heterocycles. The number of sulfone groups is 1. The molecule has 0 amide bonds. The van der Waals surface area contributed by atoms with Gasteiger partial charge in [0, 0.05) is 18.8 Å². The van der Waals surface area contributed by atoms with E-state index in [9.17, 15) is 8.42 Å². The van der Waals surface area contributed by atoms with Gasteiger partial charge in [-0.25, -0.2) is 8.42 Å². The zero-order valence-corrected chi connectivity index (χ0v) is 10.6. The second-order valence-corrected chi connectivity index (χ2v) is 7.07. The highest BCUT2D eigenvalue weighted by Crippen LogP contribution is 2.22. The molecule has 1 rings (SSSR count). The maximum Gasteiger partial charge on any atom is 0.148 e. The van der Waals surface area contributed by atoms with Crippen LogP contribution in [0, 0.1) is 5.92 Å². The summed E-state index contributed by atoms with van der Waals surface area (Å²) in [5.74, 6) is 0.947. The quantitative estimate of drug-likeness (QED) is 0.750. The lowest BCUT2D eigenvalue weighted by molar-refractivity contribution is 0.364. The number of hydrogen-bond acceptors (Lipinski definition) is 3. The van der Waals surface area contributed by atoms with E-state index in [-0.39, 0.29) is 5.75 Å². The Bertz CT molecular complexity index is 274. The third kappa shape index (κ3) is 5.52. The summed E-state index contributed by atoms with van der Waals surface area (Å²) < 4.78 is 22.0. The first-order valence-electron chi connectivity index (χ1n) is 5.90. The van der Waals surface area contributed by atoms with Gasteiger partial charge in [0.05, 0.1) is 5.75 Å². The Morgan fingerprint density at radius 3 is 2.53 bits per heavy atom. The van der Waals surface area contributed by atoms with Gasteiger partial charge in [-0.1, -0.05) is 26.2 Å². The zero-order chi connectivity index (χ0) is 11.3. The number of nitrogens with one attached hydrogen (secondary N) is 1. The first kappa shape index (κ1) is 13.0. The summed E-state index contributed by atoms with van der Waals surface area (Å²) in [6.07, 6.45) is 7.70. The largest absolute Gasteiger partial charge is 0.313 e. The fourth-order valence-corrected chi connectivity index (χ4v) is 2.71. The topological polar surface area (TPSA) is 46.2 Å². The minimum absolute atomic E-state index is 0.260. The summed E-state index contributed by atoms with van der Waals surface area (Å²) in [5.41, 5.74) is 0. The molecule has 1 fully saturated rings. The van der Waals surface area contributed by atoms with Crippen LogP contribution in [0.15, 0.2) is 0 Å². The highest BCUT2D eigenvalue weighted by Gasteiger charge is 2.19. The molecule has 4 heteroatoms. The molecule has 0 aromatic heterocycles. The summed E-state index contributed by atoms with van der Waals surface area (Å²) >= 11 is 0. The second-order valence-electron chi connectivity index (χ2n) is 4.81. The van der Waals surface area contributed by atoms with Gasteiger partial charge in [-0.2, -0.15) is 0 Å². The summed E-state index contributed by atoms with van der Waals surface area (Å²) in [5, 5.41) is 3.39. The average Bonchev–Trinajstić information content (AvgIpc) is 2.30. The standard InChI is InChI=1S/C11H23NO2S/c1-10-6-4-3-5-7-11(10)12-8-9-15(2,13)14/h10-12H,3-9H2,1-2H3. The smallest absolute Gasteiger partial charge is 0.148 e. The monoisotopic (exact) mass is 233 g/mol. The van der Waals surface area contributed by atoms with Gasteiger partial charge in [0.1, 0.15) is 9.84 Å². The lowest BCUT2D eigenvalue weighted by Crippen LogP contribution is -2.37.